The Morgan fingerprint density at radius 3 is 2.69 bits per heavy atom. The standard InChI is InChI=1S/C26H24F3NO5S/c1-15-21(24(31)34-11-10-33-2)22(23-19(30-15)13-35-25(23)32)18-8-3-4-9-20(18)36-14-16-6-5-7-17(12-16)26(27,28)29/h3-9,12,22,30H,10-11,13-14H2,1-2H3. The molecule has 0 saturated carbocycles. The van der Waals surface area contributed by atoms with Crippen LogP contribution >= 0.6 is 11.8 Å². The molecule has 6 nitrogen and oxygen atoms in total. The highest BCUT2D eigenvalue weighted by atomic mass is 32.2. The molecule has 1 unspecified atom stereocenters. The van der Waals surface area contributed by atoms with Crippen LogP contribution in [-0.2, 0) is 35.7 Å². The number of hydrogen-bond acceptors (Lipinski definition) is 7. The molecule has 36 heavy (non-hydrogen) atoms. The first kappa shape index (κ1) is 25.8. The van der Waals surface area contributed by atoms with Crippen molar-refractivity contribution in [2.75, 3.05) is 26.9 Å². The summed E-state index contributed by atoms with van der Waals surface area (Å²) < 4.78 is 55.0. The SMILES string of the molecule is COCCOC(=O)C1=C(C)NC2=C(C(=O)OC2)C1c1ccccc1SCc1cccc(C(F)(F)F)c1. The second kappa shape index (κ2) is 10.8. The van der Waals surface area contributed by atoms with Crippen LogP contribution in [0, 0.1) is 0 Å². The van der Waals surface area contributed by atoms with E-state index in [2.05, 4.69) is 5.32 Å². The van der Waals surface area contributed by atoms with Crippen LogP contribution in [0.15, 0.2) is 76.0 Å². The highest BCUT2D eigenvalue weighted by molar-refractivity contribution is 7.98. The zero-order valence-electron chi connectivity index (χ0n) is 19.6. The van der Waals surface area contributed by atoms with E-state index in [0.717, 1.165) is 17.0 Å². The summed E-state index contributed by atoms with van der Waals surface area (Å²) in [6.45, 7) is 2.05. The minimum Gasteiger partial charge on any atom is -0.460 e. The molecule has 0 saturated heterocycles. The van der Waals surface area contributed by atoms with Crippen LogP contribution in [0.4, 0.5) is 13.2 Å². The topological polar surface area (TPSA) is 73.9 Å². The predicted molar refractivity (Wildman–Crippen MR) is 127 cm³/mol. The quantitative estimate of drug-likeness (QED) is 0.300. The van der Waals surface area contributed by atoms with Gasteiger partial charge in [-0.3, -0.25) is 0 Å². The second-order valence-corrected chi connectivity index (χ2v) is 9.24. The van der Waals surface area contributed by atoms with Gasteiger partial charge in [-0.25, -0.2) is 9.59 Å². The molecule has 4 rings (SSSR count). The normalized spacial score (nSPS) is 17.6. The Kier molecular flexibility index (Phi) is 7.75. The Bertz CT molecular complexity index is 1240. The molecule has 190 valence electrons. The van der Waals surface area contributed by atoms with E-state index in [0.29, 0.717) is 28.1 Å². The van der Waals surface area contributed by atoms with Crippen molar-refractivity contribution in [3.63, 3.8) is 0 Å². The van der Waals surface area contributed by atoms with Crippen molar-refractivity contribution in [2.24, 2.45) is 0 Å². The number of benzene rings is 2. The molecule has 2 aliphatic heterocycles. The number of carbonyl (C=O) groups excluding carboxylic acids is 2. The third-order valence-electron chi connectivity index (χ3n) is 5.83. The average Bonchev–Trinajstić information content (AvgIpc) is 3.21. The van der Waals surface area contributed by atoms with Gasteiger partial charge >= 0.3 is 18.1 Å². The van der Waals surface area contributed by atoms with Crippen molar-refractivity contribution in [3.8, 4) is 0 Å². The van der Waals surface area contributed by atoms with Gasteiger partial charge in [0.25, 0.3) is 0 Å². The monoisotopic (exact) mass is 519 g/mol. The molecule has 1 atom stereocenters. The molecule has 0 radical (unpaired) electrons. The van der Waals surface area contributed by atoms with Gasteiger partial charge < -0.3 is 19.5 Å². The van der Waals surface area contributed by atoms with Crippen LogP contribution in [-0.4, -0.2) is 38.9 Å². The Labute approximate surface area is 210 Å². The van der Waals surface area contributed by atoms with Gasteiger partial charge in [0.1, 0.15) is 13.2 Å². The number of dihydropyridines is 1. The molecule has 0 bridgehead atoms. The van der Waals surface area contributed by atoms with E-state index in [1.165, 1.54) is 24.9 Å². The van der Waals surface area contributed by atoms with Crippen LogP contribution in [0.3, 0.4) is 0 Å². The van der Waals surface area contributed by atoms with E-state index >= 15 is 0 Å². The van der Waals surface area contributed by atoms with Crippen LogP contribution in [0.25, 0.3) is 0 Å². The lowest BCUT2D eigenvalue weighted by atomic mass is 9.81. The number of hydrogen-bond donors (Lipinski definition) is 1. The van der Waals surface area contributed by atoms with E-state index in [4.69, 9.17) is 14.2 Å². The third-order valence-corrected chi connectivity index (χ3v) is 6.99. The number of thioether (sulfide) groups is 1. The molecule has 1 N–H and O–H groups in total. The van der Waals surface area contributed by atoms with E-state index < -0.39 is 29.6 Å². The van der Waals surface area contributed by atoms with Crippen molar-refractivity contribution in [3.05, 3.63) is 87.8 Å². The first-order valence-electron chi connectivity index (χ1n) is 11.1. The van der Waals surface area contributed by atoms with Crippen molar-refractivity contribution < 1.29 is 37.0 Å². The van der Waals surface area contributed by atoms with Gasteiger partial charge in [0.2, 0.25) is 0 Å². The molecule has 10 heteroatoms. The van der Waals surface area contributed by atoms with E-state index in [1.807, 2.05) is 6.07 Å². The van der Waals surface area contributed by atoms with E-state index in [1.54, 1.807) is 31.2 Å². The fourth-order valence-corrected chi connectivity index (χ4v) is 5.22. The number of ether oxygens (including phenoxy) is 3. The molecular weight excluding hydrogens is 495 g/mol. The van der Waals surface area contributed by atoms with Crippen molar-refractivity contribution >= 4 is 23.7 Å². The summed E-state index contributed by atoms with van der Waals surface area (Å²) in [4.78, 5) is 26.6. The molecule has 2 aromatic rings. The Balaban J connectivity index is 1.69. The highest BCUT2D eigenvalue weighted by Gasteiger charge is 2.42. The summed E-state index contributed by atoms with van der Waals surface area (Å²) >= 11 is 1.33. The van der Waals surface area contributed by atoms with E-state index in [-0.39, 0.29) is 31.1 Å². The molecule has 2 heterocycles. The van der Waals surface area contributed by atoms with Crippen LogP contribution in [0.1, 0.15) is 29.5 Å². The van der Waals surface area contributed by atoms with Crippen molar-refractivity contribution in [1.82, 2.24) is 5.32 Å². The average molecular weight is 520 g/mol. The lowest BCUT2D eigenvalue weighted by Crippen LogP contribution is -2.31. The molecular formula is C26H24F3NO5S. The molecule has 0 aliphatic carbocycles. The maximum Gasteiger partial charge on any atom is 0.416 e. The lowest BCUT2D eigenvalue weighted by molar-refractivity contribution is -0.140. The highest BCUT2D eigenvalue weighted by Crippen LogP contribution is 2.45. The van der Waals surface area contributed by atoms with Crippen molar-refractivity contribution in [2.45, 2.75) is 29.7 Å². The molecule has 2 aliphatic rings. The van der Waals surface area contributed by atoms with Gasteiger partial charge in [-0.15, -0.1) is 11.8 Å². The zero-order chi connectivity index (χ0) is 25.9. The summed E-state index contributed by atoms with van der Waals surface area (Å²) in [6.07, 6.45) is -4.43. The largest absolute Gasteiger partial charge is 0.460 e. The number of nitrogens with one attached hydrogen (secondary N) is 1. The predicted octanol–water partition coefficient (Wildman–Crippen LogP) is 4.96. The fraction of sp³-hybridized carbons (Fsp3) is 0.308. The Hall–Kier alpha value is -3.24. The van der Waals surface area contributed by atoms with Gasteiger partial charge in [0.05, 0.1) is 34.9 Å². The first-order valence-corrected chi connectivity index (χ1v) is 12.1. The summed E-state index contributed by atoms with van der Waals surface area (Å²) in [5.74, 6) is -1.61. The number of carbonyl (C=O) groups is 2. The number of halogens is 3. The maximum absolute atomic E-state index is 13.1. The van der Waals surface area contributed by atoms with Gasteiger partial charge in [-0.05, 0) is 30.2 Å². The molecule has 0 spiro atoms. The maximum atomic E-state index is 13.1. The lowest BCUT2D eigenvalue weighted by Gasteiger charge is -2.29. The smallest absolute Gasteiger partial charge is 0.416 e. The van der Waals surface area contributed by atoms with Crippen LogP contribution in [0.5, 0.6) is 0 Å². The van der Waals surface area contributed by atoms with Gasteiger partial charge in [-0.2, -0.15) is 13.2 Å². The number of rotatable bonds is 8. The summed E-state index contributed by atoms with van der Waals surface area (Å²) in [6, 6.07) is 12.4. The number of methoxy groups -OCH3 is 1. The van der Waals surface area contributed by atoms with Crippen LogP contribution < -0.4 is 5.32 Å². The summed E-state index contributed by atoms with van der Waals surface area (Å²) in [7, 11) is 1.49. The molecule has 2 aromatic carbocycles. The van der Waals surface area contributed by atoms with E-state index in [9.17, 15) is 22.8 Å². The summed E-state index contributed by atoms with van der Waals surface area (Å²) in [5.41, 5.74) is 2.17. The minimum absolute atomic E-state index is 0.0428. The third kappa shape index (κ3) is 5.44. The number of alkyl halides is 3. The van der Waals surface area contributed by atoms with Gasteiger partial charge in [0.15, 0.2) is 0 Å². The second-order valence-electron chi connectivity index (χ2n) is 8.22. The molecule has 0 amide bonds. The molecule has 0 fully saturated rings. The zero-order valence-corrected chi connectivity index (χ0v) is 20.4. The number of esters is 2. The summed E-state index contributed by atoms with van der Waals surface area (Å²) in [5, 5.41) is 3.10. The van der Waals surface area contributed by atoms with Crippen LogP contribution in [0.2, 0.25) is 0 Å². The van der Waals surface area contributed by atoms with Gasteiger partial charge in [0, 0.05) is 23.5 Å². The number of allylic oxidation sites excluding steroid dienone is 1. The molecule has 0 aromatic heterocycles. The number of cyclic esters (lactones) is 1. The van der Waals surface area contributed by atoms with Crippen molar-refractivity contribution in [1.29, 1.82) is 0 Å². The Morgan fingerprint density at radius 1 is 1.17 bits per heavy atom. The van der Waals surface area contributed by atoms with Gasteiger partial charge in [-0.1, -0.05) is 36.4 Å². The Morgan fingerprint density at radius 2 is 1.94 bits per heavy atom. The first-order chi connectivity index (χ1) is 17.2. The fourth-order valence-electron chi connectivity index (χ4n) is 4.19. The minimum atomic E-state index is -4.43.